The molecule has 1 fully saturated rings. The molecule has 8 heteroatoms. The molecular weight excluding hydrogens is 510 g/mol. The molecule has 1 aliphatic heterocycles. The molecule has 1 saturated heterocycles. The van der Waals surface area contributed by atoms with E-state index in [9.17, 15) is 14.7 Å². The van der Waals surface area contributed by atoms with Crippen molar-refractivity contribution in [2.24, 2.45) is 5.92 Å². The summed E-state index contributed by atoms with van der Waals surface area (Å²) in [5, 5.41) is 14.1. The Balaban J connectivity index is 1.13. The monoisotopic (exact) mass is 547 g/mol. The molecule has 0 amide bonds. The lowest BCUT2D eigenvalue weighted by molar-refractivity contribution is -0.143. The summed E-state index contributed by atoms with van der Waals surface area (Å²) >= 11 is 1.80. The van der Waals surface area contributed by atoms with Gasteiger partial charge in [0.25, 0.3) is 5.56 Å². The van der Waals surface area contributed by atoms with E-state index in [1.807, 2.05) is 25.1 Å². The first-order valence-electron chi connectivity index (χ1n) is 13.9. The number of thiophene rings is 1. The maximum absolute atomic E-state index is 12.7. The van der Waals surface area contributed by atoms with E-state index in [1.165, 1.54) is 21.8 Å². The molecule has 3 heterocycles. The lowest BCUT2D eigenvalue weighted by atomic mass is 9.97. The van der Waals surface area contributed by atoms with Gasteiger partial charge in [0.2, 0.25) is 0 Å². The van der Waals surface area contributed by atoms with Crippen LogP contribution in [0.4, 0.5) is 5.69 Å². The maximum Gasteiger partial charge on any atom is 0.308 e. The van der Waals surface area contributed by atoms with Crippen molar-refractivity contribution in [3.63, 3.8) is 0 Å². The van der Waals surface area contributed by atoms with Crippen LogP contribution < -0.4 is 15.2 Å². The van der Waals surface area contributed by atoms with Gasteiger partial charge in [-0.3, -0.25) is 14.5 Å². The van der Waals surface area contributed by atoms with E-state index in [-0.39, 0.29) is 5.56 Å². The number of aromatic nitrogens is 1. The molecule has 1 aliphatic rings. The van der Waals surface area contributed by atoms with Crippen LogP contribution in [0.3, 0.4) is 0 Å². The van der Waals surface area contributed by atoms with E-state index in [0.29, 0.717) is 24.3 Å². The van der Waals surface area contributed by atoms with Crippen molar-refractivity contribution in [2.75, 3.05) is 44.2 Å². The molecule has 7 nitrogen and oxygen atoms in total. The van der Waals surface area contributed by atoms with Crippen molar-refractivity contribution in [3.05, 3.63) is 70.3 Å². The van der Waals surface area contributed by atoms with Gasteiger partial charge in [0.05, 0.1) is 18.0 Å². The summed E-state index contributed by atoms with van der Waals surface area (Å²) in [5.41, 5.74) is 1.87. The van der Waals surface area contributed by atoms with Crippen LogP contribution in [0.15, 0.2) is 64.8 Å². The number of benzene rings is 2. The maximum atomic E-state index is 12.7. The molecule has 0 spiro atoms. The third-order valence-corrected chi connectivity index (χ3v) is 8.86. The van der Waals surface area contributed by atoms with E-state index >= 15 is 0 Å². The lowest BCUT2D eigenvalue weighted by Gasteiger charge is -2.36. The molecule has 206 valence electrons. The smallest absolute Gasteiger partial charge is 0.308 e. The Hall–Kier alpha value is -3.36. The van der Waals surface area contributed by atoms with Gasteiger partial charge in [-0.15, -0.1) is 11.3 Å². The van der Waals surface area contributed by atoms with E-state index < -0.39 is 17.9 Å². The van der Waals surface area contributed by atoms with Crippen molar-refractivity contribution in [1.29, 1.82) is 0 Å². The van der Waals surface area contributed by atoms with Crippen molar-refractivity contribution in [3.8, 4) is 5.75 Å². The summed E-state index contributed by atoms with van der Waals surface area (Å²) in [4.78, 5) is 29.5. The van der Waals surface area contributed by atoms with Crippen LogP contribution in [0.25, 0.3) is 21.0 Å². The molecule has 1 N–H and O–H groups in total. The van der Waals surface area contributed by atoms with Crippen molar-refractivity contribution in [1.82, 2.24) is 9.47 Å². The summed E-state index contributed by atoms with van der Waals surface area (Å²) in [6, 6.07) is 17.4. The zero-order valence-electron chi connectivity index (χ0n) is 22.7. The summed E-state index contributed by atoms with van der Waals surface area (Å²) in [6.45, 7) is 9.53. The van der Waals surface area contributed by atoms with Gasteiger partial charge in [-0.25, -0.2) is 0 Å². The number of carboxylic acid groups (broad SMARTS) is 1. The van der Waals surface area contributed by atoms with Crippen LogP contribution in [-0.2, 0) is 4.79 Å². The summed E-state index contributed by atoms with van der Waals surface area (Å²) < 4.78 is 9.01. The van der Waals surface area contributed by atoms with E-state index in [1.54, 1.807) is 28.9 Å². The van der Waals surface area contributed by atoms with Gasteiger partial charge in [-0.2, -0.15) is 0 Å². The number of ether oxygens (including phenoxy) is 1. The topological polar surface area (TPSA) is 75.0 Å². The third kappa shape index (κ3) is 5.97. The average molecular weight is 548 g/mol. The van der Waals surface area contributed by atoms with Gasteiger partial charge in [0.15, 0.2) is 0 Å². The van der Waals surface area contributed by atoms with Gasteiger partial charge in [0, 0.05) is 60.1 Å². The molecule has 0 saturated carbocycles. The second kappa shape index (κ2) is 12.2. The summed E-state index contributed by atoms with van der Waals surface area (Å²) in [5.74, 6) is -0.819. The molecule has 0 aliphatic carbocycles. The van der Waals surface area contributed by atoms with E-state index in [4.69, 9.17) is 4.74 Å². The van der Waals surface area contributed by atoms with Crippen LogP contribution in [-0.4, -0.2) is 59.9 Å². The standard InChI is InChI=1S/C31H37N3O4S/c1-3-25(31(36)37)22(2)34-28-21-24(11-9-23(28)10-12-30(34)35)38-19-5-4-14-32-15-17-33(18-16-32)27-7-6-8-29-26(27)13-20-39-29/h6-13,20-22,25H,3-5,14-19H2,1-2H3,(H,36,37). The van der Waals surface area contributed by atoms with Gasteiger partial charge in [-0.05, 0) is 79.9 Å². The van der Waals surface area contributed by atoms with E-state index in [0.717, 1.165) is 51.0 Å². The Morgan fingerprint density at radius 1 is 1.05 bits per heavy atom. The molecule has 2 atom stereocenters. The predicted molar refractivity (Wildman–Crippen MR) is 160 cm³/mol. The lowest BCUT2D eigenvalue weighted by Crippen LogP contribution is -2.46. The number of pyridine rings is 1. The Morgan fingerprint density at radius 3 is 2.62 bits per heavy atom. The second-order valence-electron chi connectivity index (χ2n) is 10.3. The molecule has 0 radical (unpaired) electrons. The van der Waals surface area contributed by atoms with Gasteiger partial charge in [0.1, 0.15) is 5.75 Å². The molecular formula is C31H37N3O4S. The Labute approximate surface area is 233 Å². The fourth-order valence-electron chi connectivity index (χ4n) is 5.74. The first-order chi connectivity index (χ1) is 19.0. The number of hydrogen-bond donors (Lipinski definition) is 1. The number of nitrogens with zero attached hydrogens (tertiary/aromatic N) is 3. The van der Waals surface area contributed by atoms with Crippen molar-refractivity contribution < 1.29 is 14.6 Å². The molecule has 39 heavy (non-hydrogen) atoms. The highest BCUT2D eigenvalue weighted by molar-refractivity contribution is 7.17. The first kappa shape index (κ1) is 27.2. The summed E-state index contributed by atoms with van der Waals surface area (Å²) in [7, 11) is 0. The number of hydrogen-bond acceptors (Lipinski definition) is 6. The molecule has 2 aromatic carbocycles. The normalized spacial score (nSPS) is 16.0. The zero-order valence-corrected chi connectivity index (χ0v) is 23.5. The number of piperazine rings is 1. The largest absolute Gasteiger partial charge is 0.494 e. The van der Waals surface area contributed by atoms with Crippen LogP contribution >= 0.6 is 11.3 Å². The van der Waals surface area contributed by atoms with Crippen LogP contribution in [0.1, 0.15) is 39.2 Å². The minimum atomic E-state index is -0.887. The molecule has 5 rings (SSSR count). The molecule has 2 aromatic heterocycles. The fraction of sp³-hybridized carbons (Fsp3) is 0.419. The van der Waals surface area contributed by atoms with E-state index in [2.05, 4.69) is 39.4 Å². The first-order valence-corrected chi connectivity index (χ1v) is 14.8. The number of aliphatic carboxylic acids is 1. The quantitative estimate of drug-likeness (QED) is 0.237. The minimum Gasteiger partial charge on any atom is -0.494 e. The molecule has 2 unspecified atom stereocenters. The molecule has 0 bridgehead atoms. The Morgan fingerprint density at radius 2 is 1.85 bits per heavy atom. The number of fused-ring (bicyclic) bond motifs is 2. The average Bonchev–Trinajstić information content (AvgIpc) is 3.42. The van der Waals surface area contributed by atoms with Crippen LogP contribution in [0.5, 0.6) is 5.75 Å². The van der Waals surface area contributed by atoms with Crippen molar-refractivity contribution in [2.45, 2.75) is 39.2 Å². The number of rotatable bonds is 11. The SMILES string of the molecule is CCC(C(=O)O)C(C)n1c(=O)ccc2ccc(OCCCCN3CCN(c4cccc5sccc45)CC3)cc21. The highest BCUT2D eigenvalue weighted by Gasteiger charge is 2.26. The minimum absolute atomic E-state index is 0.195. The number of unbranched alkanes of at least 4 members (excludes halogenated alkanes) is 1. The highest BCUT2D eigenvalue weighted by Crippen LogP contribution is 2.31. The van der Waals surface area contributed by atoms with Gasteiger partial charge in [-0.1, -0.05) is 13.0 Å². The van der Waals surface area contributed by atoms with Crippen molar-refractivity contribution >= 4 is 44.0 Å². The van der Waals surface area contributed by atoms with Gasteiger partial charge >= 0.3 is 5.97 Å². The number of carboxylic acids is 1. The number of anilines is 1. The van der Waals surface area contributed by atoms with Gasteiger partial charge < -0.3 is 19.3 Å². The second-order valence-corrected chi connectivity index (χ2v) is 11.3. The highest BCUT2D eigenvalue weighted by atomic mass is 32.1. The number of carbonyl (C=O) groups is 1. The summed E-state index contributed by atoms with van der Waals surface area (Å²) in [6.07, 6.45) is 2.46. The fourth-order valence-corrected chi connectivity index (χ4v) is 6.55. The Kier molecular flexibility index (Phi) is 8.53. The third-order valence-electron chi connectivity index (χ3n) is 7.97. The molecule has 4 aromatic rings. The zero-order chi connectivity index (χ0) is 27.4. The Bertz CT molecular complexity index is 1490. The van der Waals surface area contributed by atoms with Crippen LogP contribution in [0, 0.1) is 5.92 Å². The van der Waals surface area contributed by atoms with Crippen LogP contribution in [0.2, 0.25) is 0 Å². The predicted octanol–water partition coefficient (Wildman–Crippen LogP) is 5.87.